The van der Waals surface area contributed by atoms with Gasteiger partial charge in [0.25, 0.3) is 0 Å². The van der Waals surface area contributed by atoms with Gasteiger partial charge >= 0.3 is 0 Å². The Morgan fingerprint density at radius 2 is 2.07 bits per heavy atom. The molecular weight excluding hydrogens is 351 g/mol. The van der Waals surface area contributed by atoms with Crippen LogP contribution in [0.3, 0.4) is 0 Å². The predicted octanol–water partition coefficient (Wildman–Crippen LogP) is 3.26. The number of sulfone groups is 1. The first kappa shape index (κ1) is 12.8. The molecule has 0 fully saturated rings. The van der Waals surface area contributed by atoms with E-state index in [0.29, 0.717) is 4.90 Å². The number of thioether (sulfide) groups is 1. The maximum absolute atomic E-state index is 12.0. The van der Waals surface area contributed by atoms with E-state index in [0.717, 1.165) is 7.78 Å². The highest BCUT2D eigenvalue weighted by atomic mass is 127. The molecule has 2 nitrogen and oxygen atoms in total. The Kier molecular flexibility index (Phi) is 4.31. The Balaban J connectivity index is 3.38. The highest BCUT2D eigenvalue weighted by Crippen LogP contribution is 2.36. The molecule has 0 unspecified atom stereocenters. The van der Waals surface area contributed by atoms with E-state index in [1.165, 1.54) is 23.1 Å². The number of thiophene rings is 1. The van der Waals surface area contributed by atoms with Gasteiger partial charge < -0.3 is 0 Å². The second-order valence-electron chi connectivity index (χ2n) is 3.00. The van der Waals surface area contributed by atoms with Crippen LogP contribution in [0.25, 0.3) is 0 Å². The minimum absolute atomic E-state index is 0.350. The second kappa shape index (κ2) is 4.71. The molecule has 0 aliphatic rings. The van der Waals surface area contributed by atoms with Crippen molar-refractivity contribution >= 4 is 55.5 Å². The number of rotatable bonds is 3. The fourth-order valence-electron chi connectivity index (χ4n) is 0.938. The lowest BCUT2D eigenvalue weighted by molar-refractivity contribution is 0.585. The van der Waals surface area contributed by atoms with E-state index in [4.69, 9.17) is 0 Å². The van der Waals surface area contributed by atoms with Gasteiger partial charge in [-0.25, -0.2) is 8.42 Å². The van der Waals surface area contributed by atoms with Gasteiger partial charge in [0.15, 0.2) is 9.84 Å². The van der Waals surface area contributed by atoms with Crippen LogP contribution in [-0.4, -0.2) is 19.9 Å². The average Bonchev–Trinajstić information content (AvgIpc) is 2.46. The first-order valence-corrected chi connectivity index (χ1v) is 8.69. The lowest BCUT2D eigenvalue weighted by Crippen LogP contribution is -2.14. The molecule has 14 heavy (non-hydrogen) atoms. The number of halogens is 1. The topological polar surface area (TPSA) is 34.1 Å². The summed E-state index contributed by atoms with van der Waals surface area (Å²) in [6.45, 7) is 3.43. The van der Waals surface area contributed by atoms with E-state index in [9.17, 15) is 8.42 Å². The van der Waals surface area contributed by atoms with Crippen LogP contribution in [0.5, 0.6) is 0 Å². The van der Waals surface area contributed by atoms with Crippen molar-refractivity contribution in [1.82, 2.24) is 0 Å². The fraction of sp³-hybridized carbons (Fsp3) is 0.500. The molecule has 0 aliphatic carbocycles. The summed E-state index contributed by atoms with van der Waals surface area (Å²) in [6, 6.07) is 0. The van der Waals surface area contributed by atoms with Crippen molar-refractivity contribution in [2.75, 3.05) is 6.26 Å². The zero-order valence-electron chi connectivity index (χ0n) is 8.07. The first-order valence-electron chi connectivity index (χ1n) is 3.96. The Hall–Kier alpha value is 0.730. The predicted molar refractivity (Wildman–Crippen MR) is 71.1 cm³/mol. The highest BCUT2D eigenvalue weighted by Gasteiger charge is 2.26. The van der Waals surface area contributed by atoms with Gasteiger partial charge in [0, 0.05) is 8.95 Å². The van der Waals surface area contributed by atoms with Crippen LogP contribution in [0.15, 0.2) is 14.5 Å². The quantitative estimate of drug-likeness (QED) is 0.612. The van der Waals surface area contributed by atoms with E-state index in [-0.39, 0.29) is 5.25 Å². The standard InChI is InChI=1S/C8H11IO2S3/c1-5(2)14(10,11)7-6(9)4-13-8(7)12-3/h4-5H,1-3H3. The average molecular weight is 362 g/mol. The van der Waals surface area contributed by atoms with Gasteiger partial charge in [-0.1, -0.05) is 0 Å². The molecule has 0 spiro atoms. The molecular formula is C8H11IO2S3. The minimum atomic E-state index is -3.12. The monoisotopic (exact) mass is 362 g/mol. The molecule has 6 heteroatoms. The van der Waals surface area contributed by atoms with Gasteiger partial charge in [0.1, 0.15) is 4.90 Å². The largest absolute Gasteiger partial charge is 0.223 e. The molecule has 1 heterocycles. The summed E-state index contributed by atoms with van der Waals surface area (Å²) >= 11 is 5.07. The van der Waals surface area contributed by atoms with Crippen LogP contribution >= 0.6 is 45.7 Å². The van der Waals surface area contributed by atoms with Gasteiger partial charge in [-0.05, 0) is 42.7 Å². The summed E-state index contributed by atoms with van der Waals surface area (Å²) in [5.41, 5.74) is 0. The van der Waals surface area contributed by atoms with Crippen LogP contribution in [0.4, 0.5) is 0 Å². The van der Waals surface area contributed by atoms with Crippen molar-refractivity contribution in [2.45, 2.75) is 28.2 Å². The fourth-order valence-corrected chi connectivity index (χ4v) is 6.45. The van der Waals surface area contributed by atoms with Crippen LogP contribution in [-0.2, 0) is 9.84 Å². The minimum Gasteiger partial charge on any atom is -0.223 e. The van der Waals surface area contributed by atoms with E-state index in [1.807, 2.05) is 11.6 Å². The van der Waals surface area contributed by atoms with Crippen molar-refractivity contribution in [1.29, 1.82) is 0 Å². The Labute approximate surface area is 107 Å². The SMILES string of the molecule is CSc1scc(I)c1S(=O)(=O)C(C)C. The molecule has 0 atom stereocenters. The zero-order valence-corrected chi connectivity index (χ0v) is 12.7. The summed E-state index contributed by atoms with van der Waals surface area (Å²) in [5, 5.41) is 1.54. The summed E-state index contributed by atoms with van der Waals surface area (Å²) < 4.78 is 25.7. The molecule has 0 saturated heterocycles. The third-order valence-corrected chi connectivity index (χ3v) is 8.03. The van der Waals surface area contributed by atoms with E-state index >= 15 is 0 Å². The third kappa shape index (κ3) is 2.28. The van der Waals surface area contributed by atoms with Crippen LogP contribution < -0.4 is 0 Å². The van der Waals surface area contributed by atoms with Gasteiger partial charge in [-0.2, -0.15) is 0 Å². The van der Waals surface area contributed by atoms with E-state index in [1.54, 1.807) is 13.8 Å². The van der Waals surface area contributed by atoms with Gasteiger partial charge in [0.2, 0.25) is 0 Å². The highest BCUT2D eigenvalue weighted by molar-refractivity contribution is 14.1. The Morgan fingerprint density at radius 1 is 1.50 bits per heavy atom. The molecule has 0 aliphatic heterocycles. The van der Waals surface area contributed by atoms with E-state index in [2.05, 4.69) is 22.6 Å². The molecule has 0 saturated carbocycles. The van der Waals surface area contributed by atoms with Crippen molar-refractivity contribution in [2.24, 2.45) is 0 Å². The molecule has 0 radical (unpaired) electrons. The third-order valence-electron chi connectivity index (χ3n) is 1.76. The van der Waals surface area contributed by atoms with E-state index < -0.39 is 9.84 Å². The van der Waals surface area contributed by atoms with Gasteiger partial charge in [0.05, 0.1) is 9.46 Å². The van der Waals surface area contributed by atoms with Crippen LogP contribution in [0.1, 0.15) is 13.8 Å². The maximum Gasteiger partial charge on any atom is 0.183 e. The number of hydrogen-bond acceptors (Lipinski definition) is 4. The zero-order chi connectivity index (χ0) is 10.9. The summed E-state index contributed by atoms with van der Waals surface area (Å²) in [6.07, 6.45) is 1.90. The molecule has 80 valence electrons. The molecule has 0 aromatic carbocycles. The van der Waals surface area contributed by atoms with Gasteiger partial charge in [-0.3, -0.25) is 0 Å². The lowest BCUT2D eigenvalue weighted by Gasteiger charge is -2.08. The normalized spacial score (nSPS) is 12.4. The first-order chi connectivity index (χ1) is 6.41. The number of hydrogen-bond donors (Lipinski definition) is 0. The molecule has 1 aromatic heterocycles. The smallest absolute Gasteiger partial charge is 0.183 e. The van der Waals surface area contributed by atoms with Crippen LogP contribution in [0, 0.1) is 3.57 Å². The molecule has 1 rings (SSSR count). The lowest BCUT2D eigenvalue weighted by atomic mass is 10.6. The summed E-state index contributed by atoms with van der Waals surface area (Å²) in [7, 11) is -3.12. The molecule has 0 bridgehead atoms. The molecule has 0 amide bonds. The maximum atomic E-state index is 12.0. The summed E-state index contributed by atoms with van der Waals surface area (Å²) in [5.74, 6) is 0. The summed E-state index contributed by atoms with van der Waals surface area (Å²) in [4.78, 5) is 0.519. The Morgan fingerprint density at radius 3 is 2.50 bits per heavy atom. The van der Waals surface area contributed by atoms with Crippen LogP contribution in [0.2, 0.25) is 0 Å². The van der Waals surface area contributed by atoms with Crippen molar-refractivity contribution in [3.05, 3.63) is 8.95 Å². The Bertz CT molecular complexity index is 420. The second-order valence-corrected chi connectivity index (χ2v) is 8.56. The van der Waals surface area contributed by atoms with Crippen molar-refractivity contribution in [3.8, 4) is 0 Å². The molecule has 1 aromatic rings. The molecule has 0 N–H and O–H groups in total. The van der Waals surface area contributed by atoms with Crippen molar-refractivity contribution < 1.29 is 8.42 Å². The van der Waals surface area contributed by atoms with Gasteiger partial charge in [-0.15, -0.1) is 23.1 Å². The van der Waals surface area contributed by atoms with Crippen molar-refractivity contribution in [3.63, 3.8) is 0 Å².